The van der Waals surface area contributed by atoms with Crippen molar-refractivity contribution < 1.29 is 29.2 Å². The average Bonchev–Trinajstić information content (AvgIpc) is 2.94. The molecule has 186 valence electrons. The maximum atomic E-state index is 12.8. The number of hydrogen-bond donors (Lipinski definition) is 2. The molecular formula is C30H30O6. The summed E-state index contributed by atoms with van der Waals surface area (Å²) in [6, 6.07) is 18.3. The Morgan fingerprint density at radius 1 is 0.528 bits per heavy atom. The summed E-state index contributed by atoms with van der Waals surface area (Å²) in [5.41, 5.74) is -1.06. The van der Waals surface area contributed by atoms with Crippen LogP contribution in [0, 0.1) is 11.8 Å². The van der Waals surface area contributed by atoms with Crippen molar-refractivity contribution in [2.24, 2.45) is 11.8 Å². The Bertz CT molecular complexity index is 1200. The summed E-state index contributed by atoms with van der Waals surface area (Å²) in [6.45, 7) is 0. The molecule has 0 amide bonds. The molecular weight excluding hydrogens is 456 g/mol. The second-order valence-electron chi connectivity index (χ2n) is 8.97. The molecule has 0 spiro atoms. The van der Waals surface area contributed by atoms with E-state index in [0.29, 0.717) is 45.3 Å². The third-order valence-corrected chi connectivity index (χ3v) is 7.47. The molecule has 2 aliphatic rings. The topological polar surface area (TPSA) is 77.4 Å². The Morgan fingerprint density at radius 2 is 0.861 bits per heavy atom. The average molecular weight is 487 g/mol. The van der Waals surface area contributed by atoms with Crippen LogP contribution in [0.1, 0.15) is 22.3 Å². The van der Waals surface area contributed by atoms with Gasteiger partial charge in [-0.1, -0.05) is 60.7 Å². The summed E-state index contributed by atoms with van der Waals surface area (Å²) in [6.07, 6.45) is 7.64. The lowest BCUT2D eigenvalue weighted by atomic mass is 9.54. The minimum Gasteiger partial charge on any atom is -0.496 e. The molecule has 0 radical (unpaired) electrons. The summed E-state index contributed by atoms with van der Waals surface area (Å²) >= 11 is 0. The molecule has 2 aliphatic carbocycles. The standard InChI is InChI=1S/C30H30O6/c1-33-23-15-9-16-24(34-2)27(23)29(31)19-11-5-7-13-21(19)30(32,22-14-8-6-12-20(22)29)28-25(35-3)17-10-18-26(28)36-4/h5-19,21,31-32H,1-4H3. The van der Waals surface area contributed by atoms with Crippen LogP contribution >= 0.6 is 0 Å². The fourth-order valence-corrected chi connectivity index (χ4v) is 5.97. The quantitative estimate of drug-likeness (QED) is 0.532. The molecule has 3 aromatic rings. The van der Waals surface area contributed by atoms with Crippen molar-refractivity contribution >= 4 is 0 Å². The lowest BCUT2D eigenvalue weighted by molar-refractivity contribution is -0.0746. The first-order valence-corrected chi connectivity index (χ1v) is 11.8. The number of hydrogen-bond acceptors (Lipinski definition) is 6. The van der Waals surface area contributed by atoms with Crippen LogP contribution in [0.3, 0.4) is 0 Å². The van der Waals surface area contributed by atoms with Crippen molar-refractivity contribution in [2.75, 3.05) is 28.4 Å². The van der Waals surface area contributed by atoms with Gasteiger partial charge in [-0.3, -0.25) is 0 Å². The fraction of sp³-hybridized carbons (Fsp3) is 0.267. The normalized spacial score (nSPS) is 26.1. The predicted molar refractivity (Wildman–Crippen MR) is 137 cm³/mol. The molecule has 6 nitrogen and oxygen atoms in total. The van der Waals surface area contributed by atoms with Crippen LogP contribution < -0.4 is 18.9 Å². The van der Waals surface area contributed by atoms with E-state index in [2.05, 4.69) is 0 Å². The first-order chi connectivity index (χ1) is 17.5. The maximum Gasteiger partial charge on any atom is 0.129 e. The highest BCUT2D eigenvalue weighted by atomic mass is 16.5. The highest BCUT2D eigenvalue weighted by Crippen LogP contribution is 2.61. The number of aliphatic hydroxyl groups is 2. The van der Waals surface area contributed by atoms with Gasteiger partial charge in [0.25, 0.3) is 0 Å². The Labute approximate surface area is 211 Å². The van der Waals surface area contributed by atoms with Gasteiger partial charge in [0.1, 0.15) is 34.2 Å². The SMILES string of the molecule is COc1cccc(OC)c1C1(O)c2ccccc2C(O)(c2c(OC)cccc2OC)C2C=CC=CC21. The van der Waals surface area contributed by atoms with E-state index in [-0.39, 0.29) is 0 Å². The number of ether oxygens (including phenoxy) is 4. The van der Waals surface area contributed by atoms with Crippen LogP contribution in [0.4, 0.5) is 0 Å². The van der Waals surface area contributed by atoms with Crippen molar-refractivity contribution in [3.05, 3.63) is 107 Å². The highest BCUT2D eigenvalue weighted by Gasteiger charge is 2.60. The van der Waals surface area contributed by atoms with Crippen molar-refractivity contribution in [3.8, 4) is 23.0 Å². The first kappa shape index (κ1) is 24.0. The number of methoxy groups -OCH3 is 4. The van der Waals surface area contributed by atoms with Crippen LogP contribution in [0.2, 0.25) is 0 Å². The van der Waals surface area contributed by atoms with E-state index in [1.807, 2.05) is 60.7 Å². The summed E-state index contributed by atoms with van der Waals surface area (Å²) in [5.74, 6) is 0.814. The minimum atomic E-state index is -1.58. The van der Waals surface area contributed by atoms with Gasteiger partial charge >= 0.3 is 0 Å². The third-order valence-electron chi connectivity index (χ3n) is 7.47. The molecule has 3 aromatic carbocycles. The van der Waals surface area contributed by atoms with E-state index < -0.39 is 23.0 Å². The Morgan fingerprint density at radius 3 is 1.17 bits per heavy atom. The van der Waals surface area contributed by atoms with E-state index in [4.69, 9.17) is 18.9 Å². The lowest BCUT2D eigenvalue weighted by Crippen LogP contribution is -2.54. The van der Waals surface area contributed by atoms with Crippen LogP contribution in [-0.4, -0.2) is 38.7 Å². The van der Waals surface area contributed by atoms with E-state index in [9.17, 15) is 10.2 Å². The molecule has 0 fully saturated rings. The van der Waals surface area contributed by atoms with Gasteiger partial charge in [-0.2, -0.15) is 0 Å². The van der Waals surface area contributed by atoms with Gasteiger partial charge in [-0.05, 0) is 35.4 Å². The number of fused-ring (bicyclic) bond motifs is 2. The summed E-state index contributed by atoms with van der Waals surface area (Å²) in [7, 11) is 6.28. The van der Waals surface area contributed by atoms with Gasteiger partial charge in [0.15, 0.2) is 0 Å². The second-order valence-corrected chi connectivity index (χ2v) is 8.97. The first-order valence-electron chi connectivity index (χ1n) is 11.8. The van der Waals surface area contributed by atoms with Crippen molar-refractivity contribution in [1.29, 1.82) is 0 Å². The zero-order valence-corrected chi connectivity index (χ0v) is 20.8. The highest BCUT2D eigenvalue weighted by molar-refractivity contribution is 5.63. The molecule has 0 bridgehead atoms. The molecule has 0 saturated carbocycles. The van der Waals surface area contributed by atoms with E-state index in [0.717, 1.165) is 0 Å². The van der Waals surface area contributed by atoms with Crippen molar-refractivity contribution in [3.63, 3.8) is 0 Å². The molecule has 2 N–H and O–H groups in total. The van der Waals surface area contributed by atoms with Crippen LogP contribution in [0.5, 0.6) is 23.0 Å². The summed E-state index contributed by atoms with van der Waals surface area (Å²) < 4.78 is 22.9. The van der Waals surface area contributed by atoms with E-state index in [1.165, 1.54) is 0 Å². The zero-order valence-electron chi connectivity index (χ0n) is 20.8. The fourth-order valence-electron chi connectivity index (χ4n) is 5.97. The molecule has 5 rings (SSSR count). The summed E-state index contributed by atoms with van der Waals surface area (Å²) in [4.78, 5) is 0. The van der Waals surface area contributed by atoms with E-state index in [1.54, 1.807) is 52.7 Å². The van der Waals surface area contributed by atoms with Crippen LogP contribution in [0.15, 0.2) is 85.0 Å². The maximum absolute atomic E-state index is 12.8. The van der Waals surface area contributed by atoms with Gasteiger partial charge in [0.2, 0.25) is 0 Å². The second kappa shape index (κ2) is 9.04. The molecule has 0 heterocycles. The van der Waals surface area contributed by atoms with Gasteiger partial charge in [0, 0.05) is 11.8 Å². The Hall–Kier alpha value is -3.74. The van der Waals surface area contributed by atoms with E-state index >= 15 is 0 Å². The van der Waals surface area contributed by atoms with Gasteiger partial charge < -0.3 is 29.2 Å². The van der Waals surface area contributed by atoms with Gasteiger partial charge in [-0.15, -0.1) is 0 Å². The largest absolute Gasteiger partial charge is 0.496 e. The Kier molecular flexibility index (Phi) is 6.02. The minimum absolute atomic E-state index is 0.494. The van der Waals surface area contributed by atoms with Gasteiger partial charge in [-0.25, -0.2) is 0 Å². The number of benzene rings is 3. The number of rotatable bonds is 6. The van der Waals surface area contributed by atoms with Crippen molar-refractivity contribution in [2.45, 2.75) is 11.2 Å². The lowest BCUT2D eigenvalue weighted by Gasteiger charge is -2.53. The predicted octanol–water partition coefficient (Wildman–Crippen LogP) is 4.56. The molecule has 0 aliphatic heterocycles. The molecule has 0 saturated heterocycles. The molecule has 0 aromatic heterocycles. The Balaban J connectivity index is 1.91. The number of allylic oxidation sites excluding steroid dienone is 2. The van der Waals surface area contributed by atoms with Gasteiger partial charge in [0.05, 0.1) is 39.6 Å². The zero-order chi connectivity index (χ0) is 25.5. The molecule has 36 heavy (non-hydrogen) atoms. The molecule has 4 atom stereocenters. The van der Waals surface area contributed by atoms with Crippen LogP contribution in [-0.2, 0) is 11.2 Å². The molecule has 6 heteroatoms. The molecule has 4 unspecified atom stereocenters. The third kappa shape index (κ3) is 3.18. The summed E-state index contributed by atoms with van der Waals surface area (Å²) in [5, 5.41) is 25.7. The smallest absolute Gasteiger partial charge is 0.129 e. The van der Waals surface area contributed by atoms with Crippen molar-refractivity contribution in [1.82, 2.24) is 0 Å². The monoisotopic (exact) mass is 486 g/mol. The van der Waals surface area contributed by atoms with Crippen LogP contribution in [0.25, 0.3) is 0 Å².